The van der Waals surface area contributed by atoms with E-state index in [1.54, 1.807) is 0 Å². The van der Waals surface area contributed by atoms with Gasteiger partial charge < -0.3 is 8.98 Å². The van der Waals surface area contributed by atoms with E-state index >= 15 is 0 Å². The number of furan rings is 1. The van der Waals surface area contributed by atoms with Gasteiger partial charge in [-0.1, -0.05) is 109 Å². The molecule has 0 saturated carbocycles. The van der Waals surface area contributed by atoms with Crippen LogP contribution in [0.1, 0.15) is 18.0 Å². The lowest BCUT2D eigenvalue weighted by atomic mass is 9.94. The SMILES string of the molecule is C1=CCC(c2cc(-c3cc4c5ccccc5oc4c4c5ccccc5n(-c5ccccc5)c34)nc(-c3ccccc3)n2)C=C1. The number of hydrogen-bond donors (Lipinski definition) is 0. The zero-order valence-corrected chi connectivity index (χ0v) is 23.9. The van der Waals surface area contributed by atoms with E-state index < -0.39 is 0 Å². The Morgan fingerprint density at radius 1 is 0.682 bits per heavy atom. The van der Waals surface area contributed by atoms with E-state index in [1.807, 2.05) is 24.3 Å². The van der Waals surface area contributed by atoms with Crippen molar-refractivity contribution in [3.05, 3.63) is 151 Å². The molecule has 8 aromatic rings. The first kappa shape index (κ1) is 24.8. The summed E-state index contributed by atoms with van der Waals surface area (Å²) < 4.78 is 9.02. The average molecular weight is 566 g/mol. The third-order valence-electron chi connectivity index (χ3n) is 8.71. The second-order valence-electron chi connectivity index (χ2n) is 11.3. The van der Waals surface area contributed by atoms with Gasteiger partial charge in [0.25, 0.3) is 0 Å². The smallest absolute Gasteiger partial charge is 0.160 e. The van der Waals surface area contributed by atoms with Gasteiger partial charge in [-0.25, -0.2) is 9.97 Å². The Morgan fingerprint density at radius 2 is 1.43 bits per heavy atom. The predicted octanol–water partition coefficient (Wildman–Crippen LogP) is 10.4. The van der Waals surface area contributed by atoms with Crippen LogP contribution >= 0.6 is 0 Å². The van der Waals surface area contributed by atoms with Crippen LogP contribution in [0, 0.1) is 0 Å². The lowest BCUT2D eigenvalue weighted by molar-refractivity contribution is 0.673. The van der Waals surface area contributed by atoms with Crippen molar-refractivity contribution in [2.75, 3.05) is 0 Å². The summed E-state index contributed by atoms with van der Waals surface area (Å²) >= 11 is 0. The molecule has 3 heterocycles. The number of aromatic nitrogens is 3. The molecule has 1 unspecified atom stereocenters. The molecule has 4 heteroatoms. The van der Waals surface area contributed by atoms with Crippen LogP contribution in [-0.4, -0.2) is 14.5 Å². The van der Waals surface area contributed by atoms with Gasteiger partial charge in [0.15, 0.2) is 5.82 Å². The fourth-order valence-electron chi connectivity index (χ4n) is 6.68. The molecule has 0 spiro atoms. The van der Waals surface area contributed by atoms with Crippen molar-refractivity contribution < 1.29 is 4.42 Å². The maximum atomic E-state index is 6.66. The van der Waals surface area contributed by atoms with Crippen molar-refractivity contribution in [2.45, 2.75) is 12.3 Å². The Hall–Kier alpha value is -5.74. The lowest BCUT2D eigenvalue weighted by Gasteiger charge is -2.17. The van der Waals surface area contributed by atoms with Gasteiger partial charge in [0.05, 0.1) is 27.8 Å². The minimum absolute atomic E-state index is 0.179. The monoisotopic (exact) mass is 565 g/mol. The fraction of sp³-hybridized carbons (Fsp3) is 0.0500. The third kappa shape index (κ3) is 3.85. The van der Waals surface area contributed by atoms with Crippen molar-refractivity contribution >= 4 is 43.7 Å². The number of nitrogens with zero attached hydrogens (tertiary/aromatic N) is 3. The number of hydrogen-bond acceptors (Lipinski definition) is 3. The first-order chi connectivity index (χ1) is 21.8. The molecule has 0 bridgehead atoms. The predicted molar refractivity (Wildman–Crippen MR) is 180 cm³/mol. The van der Waals surface area contributed by atoms with Gasteiger partial charge in [-0.3, -0.25) is 0 Å². The van der Waals surface area contributed by atoms with E-state index in [0.717, 1.165) is 84.2 Å². The highest BCUT2D eigenvalue weighted by molar-refractivity contribution is 6.27. The average Bonchev–Trinajstić information content (AvgIpc) is 3.65. The molecular weight excluding hydrogens is 538 g/mol. The Bertz CT molecular complexity index is 2410. The molecule has 3 aromatic heterocycles. The van der Waals surface area contributed by atoms with Crippen molar-refractivity contribution in [1.82, 2.24) is 14.5 Å². The molecule has 0 radical (unpaired) electrons. The van der Waals surface area contributed by atoms with Crippen molar-refractivity contribution in [1.29, 1.82) is 0 Å². The molecule has 5 aromatic carbocycles. The Kier molecular flexibility index (Phi) is 5.60. The Balaban J connectivity index is 1.46. The van der Waals surface area contributed by atoms with E-state index in [4.69, 9.17) is 14.4 Å². The highest BCUT2D eigenvalue weighted by atomic mass is 16.3. The topological polar surface area (TPSA) is 43.9 Å². The van der Waals surface area contributed by atoms with Gasteiger partial charge in [-0.15, -0.1) is 0 Å². The summed E-state index contributed by atoms with van der Waals surface area (Å²) in [5.74, 6) is 0.909. The van der Waals surface area contributed by atoms with Crippen LogP contribution in [0.3, 0.4) is 0 Å². The molecule has 1 aliphatic carbocycles. The van der Waals surface area contributed by atoms with Crippen LogP contribution in [0.15, 0.2) is 150 Å². The van der Waals surface area contributed by atoms with E-state index in [1.165, 1.54) is 0 Å². The molecule has 9 rings (SSSR count). The van der Waals surface area contributed by atoms with Crippen molar-refractivity contribution in [3.8, 4) is 28.3 Å². The number of fused-ring (bicyclic) bond motifs is 7. The molecule has 0 fully saturated rings. The van der Waals surface area contributed by atoms with E-state index in [9.17, 15) is 0 Å². The van der Waals surface area contributed by atoms with Crippen LogP contribution in [0.2, 0.25) is 0 Å². The number of rotatable bonds is 4. The van der Waals surface area contributed by atoms with E-state index in [-0.39, 0.29) is 5.92 Å². The number of para-hydroxylation sites is 3. The maximum Gasteiger partial charge on any atom is 0.160 e. The van der Waals surface area contributed by atoms with Gasteiger partial charge in [0.1, 0.15) is 11.2 Å². The van der Waals surface area contributed by atoms with Crippen LogP contribution in [0.4, 0.5) is 0 Å². The molecule has 1 atom stereocenters. The van der Waals surface area contributed by atoms with Gasteiger partial charge in [-0.2, -0.15) is 0 Å². The van der Waals surface area contributed by atoms with Crippen LogP contribution in [-0.2, 0) is 0 Å². The first-order valence-electron chi connectivity index (χ1n) is 15.0. The normalized spacial score (nSPS) is 14.8. The summed E-state index contributed by atoms with van der Waals surface area (Å²) in [7, 11) is 0. The summed E-state index contributed by atoms with van der Waals surface area (Å²) in [6, 6.07) is 42.3. The van der Waals surface area contributed by atoms with Crippen LogP contribution < -0.4 is 0 Å². The lowest BCUT2D eigenvalue weighted by Crippen LogP contribution is -2.04. The minimum Gasteiger partial charge on any atom is -0.455 e. The zero-order valence-electron chi connectivity index (χ0n) is 23.9. The standard InChI is InChI=1S/C40H27N3O/c1-4-14-26(15-5-1)33-25-34(42-40(41-33)27-16-6-2-7-17-27)32-24-31-29-20-11-13-23-36(29)44-39(31)37-30-21-10-12-22-35(30)43(38(32)37)28-18-8-3-9-19-28/h1-14,16-26H,15H2. The maximum absolute atomic E-state index is 6.66. The number of benzene rings is 5. The summed E-state index contributed by atoms with van der Waals surface area (Å²) in [6.45, 7) is 0. The Morgan fingerprint density at radius 3 is 2.25 bits per heavy atom. The summed E-state index contributed by atoms with van der Waals surface area (Å²) in [6.07, 6.45) is 9.59. The minimum atomic E-state index is 0.179. The summed E-state index contributed by atoms with van der Waals surface area (Å²) in [4.78, 5) is 10.4. The molecule has 0 saturated heterocycles. The van der Waals surface area contributed by atoms with Gasteiger partial charge in [0, 0.05) is 38.9 Å². The molecule has 0 aliphatic heterocycles. The molecule has 0 amide bonds. The summed E-state index contributed by atoms with van der Waals surface area (Å²) in [5, 5.41) is 4.42. The van der Waals surface area contributed by atoms with Gasteiger partial charge in [-0.05, 0) is 42.8 Å². The molecule has 0 N–H and O–H groups in total. The second kappa shape index (κ2) is 9.92. The summed E-state index contributed by atoms with van der Waals surface area (Å²) in [5.41, 5.74) is 9.03. The quantitative estimate of drug-likeness (QED) is 0.213. The highest BCUT2D eigenvalue weighted by Crippen LogP contribution is 2.45. The third-order valence-corrected chi connectivity index (χ3v) is 8.71. The number of allylic oxidation sites excluding steroid dienone is 4. The molecule has 1 aliphatic rings. The molecular formula is C40H27N3O. The molecule has 4 nitrogen and oxygen atoms in total. The van der Waals surface area contributed by atoms with Crippen molar-refractivity contribution in [3.63, 3.8) is 0 Å². The van der Waals surface area contributed by atoms with Crippen LogP contribution in [0.5, 0.6) is 0 Å². The van der Waals surface area contributed by atoms with Gasteiger partial charge >= 0.3 is 0 Å². The van der Waals surface area contributed by atoms with E-state index in [2.05, 4.69) is 126 Å². The van der Waals surface area contributed by atoms with Crippen molar-refractivity contribution in [2.24, 2.45) is 0 Å². The first-order valence-corrected chi connectivity index (χ1v) is 15.0. The largest absolute Gasteiger partial charge is 0.455 e. The molecule has 208 valence electrons. The second-order valence-corrected chi connectivity index (χ2v) is 11.3. The Labute approximate surface area is 254 Å². The zero-order chi connectivity index (χ0) is 29.0. The fourth-order valence-corrected chi connectivity index (χ4v) is 6.68. The van der Waals surface area contributed by atoms with Gasteiger partial charge in [0.2, 0.25) is 0 Å². The highest BCUT2D eigenvalue weighted by Gasteiger charge is 2.24. The van der Waals surface area contributed by atoms with E-state index in [0.29, 0.717) is 0 Å². The van der Waals surface area contributed by atoms with Crippen LogP contribution in [0.25, 0.3) is 72.1 Å². The molecule has 44 heavy (non-hydrogen) atoms.